The third-order valence-electron chi connectivity index (χ3n) is 3.18. The van der Waals surface area contributed by atoms with Gasteiger partial charge in [-0.3, -0.25) is 9.67 Å². The summed E-state index contributed by atoms with van der Waals surface area (Å²) in [5.41, 5.74) is -0.112. The number of H-pyrrole nitrogens is 2. The highest BCUT2D eigenvalue weighted by molar-refractivity contribution is 7.71. The Balaban J connectivity index is 2.05. The molecule has 0 amide bonds. The highest BCUT2D eigenvalue weighted by Crippen LogP contribution is 2.20. The lowest BCUT2D eigenvalue weighted by atomic mass is 10.0. The first-order chi connectivity index (χ1) is 7.72. The summed E-state index contributed by atoms with van der Waals surface area (Å²) in [5, 5.41) is 5.23. The zero-order valence-corrected chi connectivity index (χ0v) is 10.3. The van der Waals surface area contributed by atoms with E-state index in [-0.39, 0.29) is 11.7 Å². The lowest BCUT2D eigenvalue weighted by Gasteiger charge is -2.31. The summed E-state index contributed by atoms with van der Waals surface area (Å²) in [6.45, 7) is 5.47. The number of aromatic nitrogens is 3. The van der Waals surface area contributed by atoms with E-state index in [0.717, 1.165) is 32.5 Å². The molecule has 0 spiro atoms. The van der Waals surface area contributed by atoms with Crippen LogP contribution in [-0.2, 0) is 0 Å². The number of hydrogen-bond acceptors (Lipinski definition) is 3. The highest BCUT2D eigenvalue weighted by atomic mass is 32.1. The zero-order chi connectivity index (χ0) is 11.5. The Hall–Kier alpha value is -0.880. The zero-order valence-electron chi connectivity index (χ0n) is 9.53. The number of nitrogens with one attached hydrogen (secondary N) is 2. The van der Waals surface area contributed by atoms with Crippen LogP contribution in [-0.4, -0.2) is 39.3 Å². The molecule has 5 nitrogen and oxygen atoms in total. The predicted molar refractivity (Wildman–Crippen MR) is 65.2 cm³/mol. The van der Waals surface area contributed by atoms with Gasteiger partial charge in [0.15, 0.2) is 4.77 Å². The van der Waals surface area contributed by atoms with Crippen molar-refractivity contribution < 1.29 is 0 Å². The van der Waals surface area contributed by atoms with Crippen LogP contribution in [0, 0.1) is 4.77 Å². The van der Waals surface area contributed by atoms with Crippen molar-refractivity contribution in [2.24, 2.45) is 0 Å². The number of aromatic amines is 2. The minimum atomic E-state index is -0.112. The third kappa shape index (κ3) is 2.27. The number of likely N-dealkylation sites (tertiary alicyclic amines) is 1. The Morgan fingerprint density at radius 1 is 1.38 bits per heavy atom. The second kappa shape index (κ2) is 4.97. The Morgan fingerprint density at radius 3 is 2.56 bits per heavy atom. The van der Waals surface area contributed by atoms with Gasteiger partial charge < -0.3 is 4.90 Å². The minimum Gasteiger partial charge on any atom is -0.303 e. The number of piperidine rings is 1. The van der Waals surface area contributed by atoms with Crippen molar-refractivity contribution in [1.29, 1.82) is 0 Å². The molecule has 1 aromatic heterocycles. The van der Waals surface area contributed by atoms with Crippen molar-refractivity contribution >= 4 is 12.2 Å². The monoisotopic (exact) mass is 242 g/mol. The molecule has 0 bridgehead atoms. The molecule has 90 valence electrons. The van der Waals surface area contributed by atoms with Crippen LogP contribution < -0.4 is 5.69 Å². The molecule has 0 saturated carbocycles. The SMILES string of the molecule is CCCN1CCC(n2c(=O)[nH][nH]c2=S)CC1. The first-order valence-electron chi connectivity index (χ1n) is 5.84. The summed E-state index contributed by atoms with van der Waals surface area (Å²) in [4.78, 5) is 14.0. The maximum atomic E-state index is 11.5. The van der Waals surface area contributed by atoms with Crippen LogP contribution in [0.25, 0.3) is 0 Å². The van der Waals surface area contributed by atoms with Crippen LogP contribution in [0.1, 0.15) is 32.2 Å². The second-order valence-corrected chi connectivity index (χ2v) is 4.69. The van der Waals surface area contributed by atoms with Gasteiger partial charge in [-0.15, -0.1) is 0 Å². The van der Waals surface area contributed by atoms with E-state index >= 15 is 0 Å². The van der Waals surface area contributed by atoms with Gasteiger partial charge in [0.1, 0.15) is 0 Å². The van der Waals surface area contributed by atoms with Crippen LogP contribution in [0.5, 0.6) is 0 Å². The van der Waals surface area contributed by atoms with Gasteiger partial charge in [0.25, 0.3) is 0 Å². The molecule has 1 saturated heterocycles. The van der Waals surface area contributed by atoms with E-state index in [4.69, 9.17) is 12.2 Å². The largest absolute Gasteiger partial charge is 0.342 e. The van der Waals surface area contributed by atoms with E-state index in [1.165, 1.54) is 6.42 Å². The van der Waals surface area contributed by atoms with Crippen molar-refractivity contribution in [2.75, 3.05) is 19.6 Å². The maximum Gasteiger partial charge on any atom is 0.342 e. The van der Waals surface area contributed by atoms with Gasteiger partial charge in [-0.2, -0.15) is 0 Å². The Morgan fingerprint density at radius 2 is 2.06 bits per heavy atom. The predicted octanol–water partition coefficient (Wildman–Crippen LogP) is 1.28. The van der Waals surface area contributed by atoms with Crippen molar-refractivity contribution in [1.82, 2.24) is 19.7 Å². The molecule has 0 aliphatic carbocycles. The van der Waals surface area contributed by atoms with E-state index in [0.29, 0.717) is 4.77 Å². The maximum absolute atomic E-state index is 11.5. The molecule has 16 heavy (non-hydrogen) atoms. The summed E-state index contributed by atoms with van der Waals surface area (Å²) >= 11 is 5.10. The molecule has 6 heteroatoms. The van der Waals surface area contributed by atoms with E-state index in [1.807, 2.05) is 0 Å². The molecule has 1 aromatic rings. The lowest BCUT2D eigenvalue weighted by Crippen LogP contribution is -2.37. The summed E-state index contributed by atoms with van der Waals surface area (Å²) in [6, 6.07) is 0.260. The van der Waals surface area contributed by atoms with Gasteiger partial charge in [0, 0.05) is 19.1 Å². The van der Waals surface area contributed by atoms with Crippen LogP contribution >= 0.6 is 12.2 Å². The third-order valence-corrected chi connectivity index (χ3v) is 3.47. The standard InChI is InChI=1S/C10H18N4OS/c1-2-5-13-6-3-8(4-7-13)14-9(15)11-12-10(14)16/h8H,2-7H2,1H3,(H,11,15)(H,12,16). The molecule has 0 atom stereocenters. The molecule has 0 aromatic carbocycles. The summed E-state index contributed by atoms with van der Waals surface area (Å²) in [5.74, 6) is 0. The van der Waals surface area contributed by atoms with E-state index in [1.54, 1.807) is 4.57 Å². The van der Waals surface area contributed by atoms with Gasteiger partial charge >= 0.3 is 5.69 Å². The first-order valence-corrected chi connectivity index (χ1v) is 6.24. The summed E-state index contributed by atoms with van der Waals surface area (Å²) < 4.78 is 2.19. The van der Waals surface area contributed by atoms with Gasteiger partial charge in [-0.1, -0.05) is 6.92 Å². The number of nitrogens with zero attached hydrogens (tertiary/aromatic N) is 2. The van der Waals surface area contributed by atoms with Crippen LogP contribution in [0.2, 0.25) is 0 Å². The fourth-order valence-corrected chi connectivity index (χ4v) is 2.65. The molecule has 1 aliphatic heterocycles. The van der Waals surface area contributed by atoms with Crippen LogP contribution in [0.3, 0.4) is 0 Å². The van der Waals surface area contributed by atoms with E-state index in [9.17, 15) is 4.79 Å². The van der Waals surface area contributed by atoms with E-state index < -0.39 is 0 Å². The number of rotatable bonds is 3. The Kier molecular flexibility index (Phi) is 3.60. The molecule has 2 heterocycles. The van der Waals surface area contributed by atoms with Crippen LogP contribution in [0.4, 0.5) is 0 Å². The van der Waals surface area contributed by atoms with Gasteiger partial charge in [-0.05, 0) is 38.0 Å². The lowest BCUT2D eigenvalue weighted by molar-refractivity contribution is 0.184. The molecule has 1 fully saturated rings. The summed E-state index contributed by atoms with van der Waals surface area (Å²) in [6.07, 6.45) is 3.21. The molecule has 1 aliphatic rings. The Labute approximate surface area is 99.5 Å². The van der Waals surface area contributed by atoms with Crippen molar-refractivity contribution in [3.63, 3.8) is 0 Å². The molecule has 0 unspecified atom stereocenters. The Bertz CT molecular complexity index is 411. The normalized spacial score (nSPS) is 19.1. The average molecular weight is 242 g/mol. The molecular weight excluding hydrogens is 224 g/mol. The van der Waals surface area contributed by atoms with Crippen LogP contribution in [0.15, 0.2) is 4.79 Å². The fraction of sp³-hybridized carbons (Fsp3) is 0.800. The molecular formula is C10H18N4OS. The van der Waals surface area contributed by atoms with Crippen molar-refractivity contribution in [3.05, 3.63) is 15.3 Å². The first kappa shape index (κ1) is 11.6. The summed E-state index contributed by atoms with van der Waals surface area (Å²) in [7, 11) is 0. The van der Waals surface area contributed by atoms with Gasteiger partial charge in [0.05, 0.1) is 0 Å². The molecule has 0 radical (unpaired) electrons. The van der Waals surface area contributed by atoms with Gasteiger partial charge in [0.2, 0.25) is 0 Å². The molecule has 2 rings (SSSR count). The van der Waals surface area contributed by atoms with Crippen molar-refractivity contribution in [3.8, 4) is 0 Å². The molecule has 2 N–H and O–H groups in total. The van der Waals surface area contributed by atoms with Gasteiger partial charge in [-0.25, -0.2) is 9.89 Å². The second-order valence-electron chi connectivity index (χ2n) is 4.30. The quantitative estimate of drug-likeness (QED) is 0.785. The van der Waals surface area contributed by atoms with Crippen molar-refractivity contribution in [2.45, 2.75) is 32.2 Å². The average Bonchev–Trinajstić information content (AvgIpc) is 2.61. The topological polar surface area (TPSA) is 56.8 Å². The van der Waals surface area contributed by atoms with E-state index in [2.05, 4.69) is 22.0 Å². The highest BCUT2D eigenvalue weighted by Gasteiger charge is 2.21. The minimum absolute atomic E-state index is 0.112. The fourth-order valence-electron chi connectivity index (χ4n) is 2.37. The number of hydrogen-bond donors (Lipinski definition) is 2. The smallest absolute Gasteiger partial charge is 0.303 e.